The van der Waals surface area contributed by atoms with Gasteiger partial charge in [0.05, 0.1) is 12.6 Å². The van der Waals surface area contributed by atoms with Crippen LogP contribution in [0, 0.1) is 0 Å². The van der Waals surface area contributed by atoms with Gasteiger partial charge in [-0.05, 0) is 31.0 Å². The summed E-state index contributed by atoms with van der Waals surface area (Å²) >= 11 is 0. The van der Waals surface area contributed by atoms with Gasteiger partial charge in [0.2, 0.25) is 11.8 Å². The molecule has 6 nitrogen and oxygen atoms in total. The zero-order chi connectivity index (χ0) is 15.2. The zero-order valence-corrected chi connectivity index (χ0v) is 12.3. The molecular formula is C15H22N4O2. The van der Waals surface area contributed by atoms with E-state index in [1.165, 1.54) is 0 Å². The summed E-state index contributed by atoms with van der Waals surface area (Å²) in [6, 6.07) is 7.10. The second-order valence-electron chi connectivity index (χ2n) is 5.24. The number of hydrogen-bond acceptors (Lipinski definition) is 4. The Labute approximate surface area is 124 Å². The Hall–Kier alpha value is -1.92. The van der Waals surface area contributed by atoms with Crippen LogP contribution in [0.4, 0.5) is 5.69 Å². The second-order valence-corrected chi connectivity index (χ2v) is 5.24. The predicted molar refractivity (Wildman–Crippen MR) is 81.6 cm³/mol. The highest BCUT2D eigenvalue weighted by Crippen LogP contribution is 2.11. The van der Waals surface area contributed by atoms with Crippen molar-refractivity contribution < 1.29 is 9.59 Å². The standard InChI is InChI=1S/C15H22N4O2/c1-11(19-8-2-7-17-14(20)10-19)15(21)18-13-5-3-12(9-16)4-6-13/h3-6,11H,2,7-10,16H2,1H3,(H,17,20)(H,18,21). The van der Waals surface area contributed by atoms with Crippen molar-refractivity contribution in [2.45, 2.75) is 25.9 Å². The van der Waals surface area contributed by atoms with Crippen LogP contribution >= 0.6 is 0 Å². The Morgan fingerprint density at radius 1 is 1.43 bits per heavy atom. The highest BCUT2D eigenvalue weighted by atomic mass is 16.2. The predicted octanol–water partition coefficient (Wildman–Crippen LogP) is 0.294. The maximum absolute atomic E-state index is 12.3. The third-order valence-electron chi connectivity index (χ3n) is 3.68. The van der Waals surface area contributed by atoms with E-state index in [4.69, 9.17) is 5.73 Å². The molecule has 2 rings (SSSR count). The zero-order valence-electron chi connectivity index (χ0n) is 12.3. The molecule has 1 aromatic carbocycles. The number of anilines is 1. The van der Waals surface area contributed by atoms with Crippen molar-refractivity contribution in [3.05, 3.63) is 29.8 Å². The molecule has 0 aliphatic carbocycles. The molecule has 0 saturated carbocycles. The highest BCUT2D eigenvalue weighted by molar-refractivity contribution is 5.95. The lowest BCUT2D eigenvalue weighted by Crippen LogP contribution is -2.45. The number of nitrogens with zero attached hydrogens (tertiary/aromatic N) is 1. The molecule has 2 amide bonds. The van der Waals surface area contributed by atoms with Crippen LogP contribution in [0.3, 0.4) is 0 Å². The van der Waals surface area contributed by atoms with E-state index in [9.17, 15) is 9.59 Å². The number of carbonyl (C=O) groups is 2. The summed E-state index contributed by atoms with van der Waals surface area (Å²) in [5, 5.41) is 5.68. The van der Waals surface area contributed by atoms with Gasteiger partial charge in [0.1, 0.15) is 0 Å². The second kappa shape index (κ2) is 7.19. The van der Waals surface area contributed by atoms with Crippen molar-refractivity contribution in [3.8, 4) is 0 Å². The Morgan fingerprint density at radius 2 is 2.14 bits per heavy atom. The van der Waals surface area contributed by atoms with Gasteiger partial charge in [0, 0.05) is 25.3 Å². The van der Waals surface area contributed by atoms with E-state index in [0.29, 0.717) is 13.1 Å². The van der Waals surface area contributed by atoms with Crippen molar-refractivity contribution in [1.29, 1.82) is 0 Å². The third kappa shape index (κ3) is 4.27. The molecule has 0 bridgehead atoms. The number of amides is 2. The van der Waals surface area contributed by atoms with E-state index in [2.05, 4.69) is 10.6 Å². The van der Waals surface area contributed by atoms with Crippen LogP contribution < -0.4 is 16.4 Å². The first-order valence-electron chi connectivity index (χ1n) is 7.21. The minimum atomic E-state index is -0.344. The molecule has 1 fully saturated rings. The molecule has 21 heavy (non-hydrogen) atoms. The average molecular weight is 290 g/mol. The van der Waals surface area contributed by atoms with Crippen molar-refractivity contribution >= 4 is 17.5 Å². The molecule has 114 valence electrons. The summed E-state index contributed by atoms with van der Waals surface area (Å²) in [5.41, 5.74) is 7.30. The molecule has 1 aliphatic heterocycles. The van der Waals surface area contributed by atoms with E-state index in [1.54, 1.807) is 0 Å². The van der Waals surface area contributed by atoms with Gasteiger partial charge in [-0.25, -0.2) is 0 Å². The average Bonchev–Trinajstić information content (AvgIpc) is 2.71. The Bertz CT molecular complexity index is 501. The largest absolute Gasteiger partial charge is 0.355 e. The SMILES string of the molecule is CC(C(=O)Nc1ccc(CN)cc1)N1CCCNC(=O)C1. The summed E-state index contributed by atoms with van der Waals surface area (Å²) in [5.74, 6) is -0.135. The molecule has 1 unspecified atom stereocenters. The van der Waals surface area contributed by atoms with Crippen LogP contribution in [0.2, 0.25) is 0 Å². The number of hydrogen-bond donors (Lipinski definition) is 3. The highest BCUT2D eigenvalue weighted by Gasteiger charge is 2.24. The van der Waals surface area contributed by atoms with Crippen molar-refractivity contribution in [2.75, 3.05) is 25.0 Å². The van der Waals surface area contributed by atoms with E-state index in [0.717, 1.165) is 24.2 Å². The first-order valence-corrected chi connectivity index (χ1v) is 7.21. The summed E-state index contributed by atoms with van der Waals surface area (Å²) in [6.45, 7) is 3.97. The number of benzene rings is 1. The number of rotatable bonds is 4. The van der Waals surface area contributed by atoms with Gasteiger partial charge in [0.25, 0.3) is 0 Å². The van der Waals surface area contributed by atoms with Crippen molar-refractivity contribution in [3.63, 3.8) is 0 Å². The Balaban J connectivity index is 1.96. The normalized spacial score (nSPS) is 17.7. The Kier molecular flexibility index (Phi) is 5.30. The molecule has 1 aromatic rings. The van der Waals surface area contributed by atoms with Crippen molar-refractivity contribution in [2.24, 2.45) is 5.73 Å². The van der Waals surface area contributed by atoms with Gasteiger partial charge in [-0.15, -0.1) is 0 Å². The summed E-state index contributed by atoms with van der Waals surface area (Å²) in [6.07, 6.45) is 0.856. The molecule has 0 aromatic heterocycles. The number of nitrogens with two attached hydrogens (primary N) is 1. The maximum atomic E-state index is 12.3. The van der Waals surface area contributed by atoms with Crippen LogP contribution in [-0.4, -0.2) is 42.4 Å². The van der Waals surface area contributed by atoms with Gasteiger partial charge >= 0.3 is 0 Å². The first kappa shape index (κ1) is 15.5. The van der Waals surface area contributed by atoms with E-state index in [-0.39, 0.29) is 24.4 Å². The molecule has 1 aliphatic rings. The van der Waals surface area contributed by atoms with Gasteiger partial charge in [0.15, 0.2) is 0 Å². The monoisotopic (exact) mass is 290 g/mol. The first-order chi connectivity index (χ1) is 10.1. The molecule has 4 N–H and O–H groups in total. The van der Waals surface area contributed by atoms with E-state index < -0.39 is 0 Å². The number of carbonyl (C=O) groups excluding carboxylic acids is 2. The van der Waals surface area contributed by atoms with Gasteiger partial charge in [-0.1, -0.05) is 12.1 Å². The molecule has 1 atom stereocenters. The van der Waals surface area contributed by atoms with E-state index in [1.807, 2.05) is 36.1 Å². The fourth-order valence-electron chi connectivity index (χ4n) is 2.30. The maximum Gasteiger partial charge on any atom is 0.241 e. The quantitative estimate of drug-likeness (QED) is 0.744. The minimum absolute atomic E-state index is 0.0283. The summed E-state index contributed by atoms with van der Waals surface area (Å²) in [4.78, 5) is 25.7. The van der Waals surface area contributed by atoms with Crippen molar-refractivity contribution in [1.82, 2.24) is 10.2 Å². The van der Waals surface area contributed by atoms with E-state index >= 15 is 0 Å². The molecule has 1 heterocycles. The topological polar surface area (TPSA) is 87.5 Å². The lowest BCUT2D eigenvalue weighted by Gasteiger charge is -2.25. The number of nitrogens with one attached hydrogen (secondary N) is 2. The van der Waals surface area contributed by atoms with Crippen LogP contribution in [0.15, 0.2) is 24.3 Å². The van der Waals surface area contributed by atoms with Crippen LogP contribution in [0.1, 0.15) is 18.9 Å². The van der Waals surface area contributed by atoms with Crippen LogP contribution in [0.25, 0.3) is 0 Å². The third-order valence-corrected chi connectivity index (χ3v) is 3.68. The molecule has 0 radical (unpaired) electrons. The molecule has 1 saturated heterocycles. The Morgan fingerprint density at radius 3 is 2.81 bits per heavy atom. The smallest absolute Gasteiger partial charge is 0.241 e. The van der Waals surface area contributed by atoms with Crippen LogP contribution in [0.5, 0.6) is 0 Å². The van der Waals surface area contributed by atoms with Gasteiger partial charge in [-0.3, -0.25) is 14.5 Å². The molecule has 0 spiro atoms. The fourth-order valence-corrected chi connectivity index (χ4v) is 2.30. The van der Waals surface area contributed by atoms with Gasteiger partial charge in [-0.2, -0.15) is 0 Å². The lowest BCUT2D eigenvalue weighted by molar-refractivity contribution is -0.124. The van der Waals surface area contributed by atoms with Crippen LogP contribution in [-0.2, 0) is 16.1 Å². The minimum Gasteiger partial charge on any atom is -0.355 e. The lowest BCUT2D eigenvalue weighted by atomic mass is 10.2. The molecule has 6 heteroatoms. The summed E-state index contributed by atoms with van der Waals surface area (Å²) < 4.78 is 0. The fraction of sp³-hybridized carbons (Fsp3) is 0.467. The summed E-state index contributed by atoms with van der Waals surface area (Å²) in [7, 11) is 0. The van der Waals surface area contributed by atoms with Gasteiger partial charge < -0.3 is 16.4 Å². The molecular weight excluding hydrogens is 268 g/mol.